The molecule has 0 radical (unpaired) electrons. The number of carbonyl (C=O) groups is 1. The van der Waals surface area contributed by atoms with E-state index in [2.05, 4.69) is 5.32 Å². The lowest BCUT2D eigenvalue weighted by molar-refractivity contribution is -0.118. The topological polar surface area (TPSA) is 47.6 Å². The number of hydrogen-bond donors (Lipinski definition) is 1. The van der Waals surface area contributed by atoms with Crippen molar-refractivity contribution in [2.24, 2.45) is 0 Å². The van der Waals surface area contributed by atoms with E-state index in [0.717, 1.165) is 5.56 Å². The van der Waals surface area contributed by atoms with Crippen LogP contribution in [0.3, 0.4) is 0 Å². The Balaban J connectivity index is 2.00. The molecule has 0 fully saturated rings. The maximum atomic E-state index is 12.0. The minimum atomic E-state index is -0.294. The number of benzene rings is 2. The molecule has 0 unspecified atom stereocenters. The summed E-state index contributed by atoms with van der Waals surface area (Å²) >= 11 is 6.00. The molecule has 0 heterocycles. The van der Waals surface area contributed by atoms with Crippen LogP contribution in [-0.2, 0) is 4.79 Å². The van der Waals surface area contributed by atoms with Crippen LogP contribution >= 0.6 is 11.6 Å². The summed E-state index contributed by atoms with van der Waals surface area (Å²) in [6, 6.07) is 12.5. The predicted octanol–water partition coefficient (Wildman–Crippen LogP) is 4.40. The summed E-state index contributed by atoms with van der Waals surface area (Å²) in [5, 5.41) is 3.18. The van der Waals surface area contributed by atoms with Crippen LogP contribution in [0.15, 0.2) is 48.5 Å². The van der Waals surface area contributed by atoms with E-state index in [0.29, 0.717) is 22.2 Å². The molecule has 0 bridgehead atoms. The number of ether oxygens (including phenoxy) is 2. The highest BCUT2D eigenvalue weighted by Crippen LogP contribution is 2.28. The number of carbonyl (C=O) groups excluding carboxylic acids is 1. The Morgan fingerprint density at radius 2 is 2.00 bits per heavy atom. The third-order valence-corrected chi connectivity index (χ3v) is 3.38. The van der Waals surface area contributed by atoms with Crippen LogP contribution in [-0.4, -0.2) is 19.6 Å². The first kappa shape index (κ1) is 16.9. The molecule has 0 aliphatic rings. The van der Waals surface area contributed by atoms with Gasteiger partial charge < -0.3 is 14.8 Å². The number of halogens is 1. The van der Waals surface area contributed by atoms with Crippen LogP contribution in [0.5, 0.6) is 11.5 Å². The maximum Gasteiger partial charge on any atom is 0.262 e. The Hall–Kier alpha value is -2.46. The first-order chi connectivity index (χ1) is 11.1. The second-order valence-corrected chi connectivity index (χ2v) is 5.13. The average Bonchev–Trinajstić information content (AvgIpc) is 2.56. The Kier molecular flexibility index (Phi) is 6.06. The molecule has 0 aromatic heterocycles. The van der Waals surface area contributed by atoms with Gasteiger partial charge in [-0.05, 0) is 36.8 Å². The van der Waals surface area contributed by atoms with Gasteiger partial charge >= 0.3 is 0 Å². The molecule has 0 aliphatic carbocycles. The molecule has 0 saturated carbocycles. The first-order valence-corrected chi connectivity index (χ1v) is 7.49. The Bertz CT molecular complexity index is 713. The standard InChI is InChI=1S/C18H18ClNO3/c1-3-6-13-9-10-16(17(11-13)22-2)23-12-18(21)20-15-8-5-4-7-14(15)19/h3-11H,12H2,1-2H3,(H,20,21)/b6-3+. The third kappa shape index (κ3) is 4.76. The molecule has 1 amide bonds. The molecular weight excluding hydrogens is 314 g/mol. The van der Waals surface area contributed by atoms with Crippen molar-refractivity contribution in [1.82, 2.24) is 0 Å². The fourth-order valence-corrected chi connectivity index (χ4v) is 2.17. The molecule has 0 saturated heterocycles. The largest absolute Gasteiger partial charge is 0.493 e. The fourth-order valence-electron chi connectivity index (χ4n) is 1.99. The Labute approximate surface area is 140 Å². The smallest absolute Gasteiger partial charge is 0.262 e. The van der Waals surface area contributed by atoms with Crippen LogP contribution in [0, 0.1) is 0 Å². The maximum absolute atomic E-state index is 12.0. The van der Waals surface area contributed by atoms with Gasteiger partial charge in [0.1, 0.15) is 0 Å². The van der Waals surface area contributed by atoms with Gasteiger partial charge in [-0.1, -0.05) is 42.0 Å². The highest BCUT2D eigenvalue weighted by atomic mass is 35.5. The number of para-hydroxylation sites is 1. The van der Waals surface area contributed by atoms with Gasteiger partial charge in [0.15, 0.2) is 18.1 Å². The number of rotatable bonds is 6. The monoisotopic (exact) mass is 331 g/mol. The molecule has 0 aliphatic heterocycles. The summed E-state index contributed by atoms with van der Waals surface area (Å²) in [7, 11) is 1.56. The molecule has 5 heteroatoms. The summed E-state index contributed by atoms with van der Waals surface area (Å²) < 4.78 is 10.8. The number of allylic oxidation sites excluding steroid dienone is 1. The van der Waals surface area contributed by atoms with Gasteiger partial charge in [0.25, 0.3) is 5.91 Å². The van der Waals surface area contributed by atoms with Gasteiger partial charge in [0.2, 0.25) is 0 Å². The number of nitrogens with one attached hydrogen (secondary N) is 1. The second-order valence-electron chi connectivity index (χ2n) is 4.73. The highest BCUT2D eigenvalue weighted by molar-refractivity contribution is 6.33. The second kappa shape index (κ2) is 8.25. The predicted molar refractivity (Wildman–Crippen MR) is 93.3 cm³/mol. The lowest BCUT2D eigenvalue weighted by Crippen LogP contribution is -2.20. The summed E-state index contributed by atoms with van der Waals surface area (Å²) in [6.07, 6.45) is 3.89. The Morgan fingerprint density at radius 3 is 2.70 bits per heavy atom. The van der Waals surface area contributed by atoms with Crippen molar-refractivity contribution in [1.29, 1.82) is 0 Å². The summed E-state index contributed by atoms with van der Waals surface area (Å²) in [6.45, 7) is 1.81. The first-order valence-electron chi connectivity index (χ1n) is 7.12. The van der Waals surface area contributed by atoms with Crippen LogP contribution < -0.4 is 14.8 Å². The van der Waals surface area contributed by atoms with Gasteiger partial charge in [-0.25, -0.2) is 0 Å². The van der Waals surface area contributed by atoms with E-state index < -0.39 is 0 Å². The van der Waals surface area contributed by atoms with E-state index in [-0.39, 0.29) is 12.5 Å². The SMILES string of the molecule is C/C=C/c1ccc(OCC(=O)Nc2ccccc2Cl)c(OC)c1. The molecule has 1 N–H and O–H groups in total. The minimum Gasteiger partial charge on any atom is -0.493 e. The zero-order chi connectivity index (χ0) is 16.7. The Morgan fingerprint density at radius 1 is 1.22 bits per heavy atom. The third-order valence-electron chi connectivity index (χ3n) is 3.05. The average molecular weight is 332 g/mol. The van der Waals surface area contributed by atoms with Gasteiger partial charge in [0, 0.05) is 0 Å². The fraction of sp³-hybridized carbons (Fsp3) is 0.167. The highest BCUT2D eigenvalue weighted by Gasteiger charge is 2.09. The lowest BCUT2D eigenvalue weighted by atomic mass is 10.2. The molecule has 2 aromatic rings. The number of anilines is 1. The molecule has 2 aromatic carbocycles. The van der Waals surface area contributed by atoms with Crippen LogP contribution in [0.4, 0.5) is 5.69 Å². The summed E-state index contributed by atoms with van der Waals surface area (Å²) in [4.78, 5) is 12.0. The van der Waals surface area contributed by atoms with Crippen molar-refractivity contribution in [3.63, 3.8) is 0 Å². The normalized spacial score (nSPS) is 10.6. The van der Waals surface area contributed by atoms with Crippen molar-refractivity contribution >= 4 is 29.3 Å². The molecule has 2 rings (SSSR count). The van der Waals surface area contributed by atoms with Crippen molar-refractivity contribution in [3.8, 4) is 11.5 Å². The molecule has 120 valence electrons. The van der Waals surface area contributed by atoms with Crippen LogP contribution in [0.1, 0.15) is 12.5 Å². The number of amides is 1. The van der Waals surface area contributed by atoms with E-state index in [1.54, 1.807) is 37.4 Å². The van der Waals surface area contributed by atoms with Crippen LogP contribution in [0.2, 0.25) is 5.02 Å². The van der Waals surface area contributed by atoms with Crippen molar-refractivity contribution in [3.05, 3.63) is 59.1 Å². The quantitative estimate of drug-likeness (QED) is 0.853. The molecule has 0 spiro atoms. The van der Waals surface area contributed by atoms with Crippen LogP contribution in [0.25, 0.3) is 6.08 Å². The van der Waals surface area contributed by atoms with Crippen molar-refractivity contribution < 1.29 is 14.3 Å². The van der Waals surface area contributed by atoms with Gasteiger partial charge in [0.05, 0.1) is 17.8 Å². The molecule has 0 atom stereocenters. The van der Waals surface area contributed by atoms with E-state index in [9.17, 15) is 4.79 Å². The number of methoxy groups -OCH3 is 1. The van der Waals surface area contributed by atoms with Crippen molar-refractivity contribution in [2.45, 2.75) is 6.92 Å². The van der Waals surface area contributed by atoms with Gasteiger partial charge in [-0.2, -0.15) is 0 Å². The van der Waals surface area contributed by atoms with E-state index in [4.69, 9.17) is 21.1 Å². The lowest BCUT2D eigenvalue weighted by Gasteiger charge is -2.12. The van der Waals surface area contributed by atoms with Gasteiger partial charge in [-0.15, -0.1) is 0 Å². The zero-order valence-corrected chi connectivity index (χ0v) is 13.8. The summed E-state index contributed by atoms with van der Waals surface area (Å²) in [5.41, 5.74) is 1.55. The molecule has 23 heavy (non-hydrogen) atoms. The molecular formula is C18H18ClNO3. The summed E-state index contributed by atoms with van der Waals surface area (Å²) in [5.74, 6) is 0.791. The van der Waals surface area contributed by atoms with Gasteiger partial charge in [-0.3, -0.25) is 4.79 Å². The minimum absolute atomic E-state index is 0.134. The van der Waals surface area contributed by atoms with Crippen molar-refractivity contribution in [2.75, 3.05) is 19.0 Å². The zero-order valence-electron chi connectivity index (χ0n) is 13.0. The van der Waals surface area contributed by atoms with E-state index in [1.807, 2.05) is 31.2 Å². The van der Waals surface area contributed by atoms with E-state index >= 15 is 0 Å². The number of hydrogen-bond acceptors (Lipinski definition) is 3. The molecule has 4 nitrogen and oxygen atoms in total. The van der Waals surface area contributed by atoms with E-state index in [1.165, 1.54) is 0 Å².